The van der Waals surface area contributed by atoms with E-state index < -0.39 is 0 Å². The summed E-state index contributed by atoms with van der Waals surface area (Å²) in [5.41, 5.74) is 2.72. The molecule has 2 aromatic carbocycles. The summed E-state index contributed by atoms with van der Waals surface area (Å²) in [4.78, 5) is 25.7. The minimum atomic E-state index is -0.369. The van der Waals surface area contributed by atoms with Crippen LogP contribution in [0.5, 0.6) is 5.75 Å². The number of hydrogen-bond donors (Lipinski definition) is 0. The third-order valence-electron chi connectivity index (χ3n) is 3.53. The second kappa shape index (κ2) is 7.21. The zero-order valence-corrected chi connectivity index (χ0v) is 15.3. The van der Waals surface area contributed by atoms with Gasteiger partial charge in [-0.2, -0.15) is 0 Å². The highest BCUT2D eigenvalue weighted by Crippen LogP contribution is 2.36. The topological polar surface area (TPSA) is 46.6 Å². The van der Waals surface area contributed by atoms with Crippen molar-refractivity contribution in [3.8, 4) is 5.75 Å². The van der Waals surface area contributed by atoms with Gasteiger partial charge in [0, 0.05) is 6.92 Å². The van der Waals surface area contributed by atoms with E-state index in [1.807, 2.05) is 31.2 Å². The van der Waals surface area contributed by atoms with Crippen molar-refractivity contribution in [1.29, 1.82) is 0 Å². The lowest BCUT2D eigenvalue weighted by atomic mass is 10.2. The SMILES string of the molecule is CC(=O)Oc1ccc(C=C2SC(=S)N(c3ccc(C)cc3)C2=O)cc1. The number of nitrogens with zero attached hydrogens (tertiary/aromatic N) is 1. The summed E-state index contributed by atoms with van der Waals surface area (Å²) < 4.78 is 5.51. The van der Waals surface area contributed by atoms with E-state index in [2.05, 4.69) is 0 Å². The molecule has 2 aromatic rings. The largest absolute Gasteiger partial charge is 0.427 e. The highest BCUT2D eigenvalue weighted by atomic mass is 32.2. The Hall–Kier alpha value is -2.44. The van der Waals surface area contributed by atoms with Gasteiger partial charge in [0.15, 0.2) is 4.32 Å². The lowest BCUT2D eigenvalue weighted by Crippen LogP contribution is -2.27. The second-order valence-electron chi connectivity index (χ2n) is 5.52. The molecule has 1 aliphatic heterocycles. The third kappa shape index (κ3) is 3.97. The molecule has 0 saturated carbocycles. The van der Waals surface area contributed by atoms with E-state index >= 15 is 0 Å². The van der Waals surface area contributed by atoms with E-state index in [-0.39, 0.29) is 11.9 Å². The maximum Gasteiger partial charge on any atom is 0.308 e. The van der Waals surface area contributed by atoms with Crippen LogP contribution in [0.15, 0.2) is 53.4 Å². The Balaban J connectivity index is 1.82. The van der Waals surface area contributed by atoms with Crippen LogP contribution in [0.25, 0.3) is 6.08 Å². The molecular formula is C19H15NO3S2. The van der Waals surface area contributed by atoms with Crippen LogP contribution >= 0.6 is 24.0 Å². The number of rotatable bonds is 3. The van der Waals surface area contributed by atoms with E-state index in [1.165, 1.54) is 18.7 Å². The first-order valence-electron chi connectivity index (χ1n) is 7.57. The van der Waals surface area contributed by atoms with E-state index in [0.717, 1.165) is 16.8 Å². The summed E-state index contributed by atoms with van der Waals surface area (Å²) in [6, 6.07) is 14.6. The first kappa shape index (κ1) is 17.4. The Labute approximate surface area is 155 Å². The Morgan fingerprint density at radius 2 is 1.76 bits per heavy atom. The lowest BCUT2D eigenvalue weighted by Gasteiger charge is -2.14. The van der Waals surface area contributed by atoms with E-state index in [9.17, 15) is 9.59 Å². The van der Waals surface area contributed by atoms with Crippen molar-refractivity contribution in [2.45, 2.75) is 13.8 Å². The number of carbonyl (C=O) groups excluding carboxylic acids is 2. The van der Waals surface area contributed by atoms with Crippen LogP contribution in [0.4, 0.5) is 5.69 Å². The molecule has 1 saturated heterocycles. The van der Waals surface area contributed by atoms with Gasteiger partial charge in [0.2, 0.25) is 0 Å². The number of carbonyl (C=O) groups is 2. The number of esters is 1. The number of ether oxygens (including phenoxy) is 1. The Morgan fingerprint density at radius 1 is 1.12 bits per heavy atom. The first-order chi connectivity index (χ1) is 11.9. The summed E-state index contributed by atoms with van der Waals surface area (Å²) in [6.07, 6.45) is 1.78. The van der Waals surface area contributed by atoms with Crippen molar-refractivity contribution in [3.05, 3.63) is 64.6 Å². The number of thioether (sulfide) groups is 1. The number of aryl methyl sites for hydroxylation is 1. The van der Waals surface area contributed by atoms with Crippen molar-refractivity contribution in [3.63, 3.8) is 0 Å². The van der Waals surface area contributed by atoms with Crippen molar-refractivity contribution in [2.75, 3.05) is 4.90 Å². The van der Waals surface area contributed by atoms with Gasteiger partial charge < -0.3 is 4.74 Å². The zero-order valence-electron chi connectivity index (χ0n) is 13.7. The number of benzene rings is 2. The standard InChI is InChI=1S/C19H15NO3S2/c1-12-3-7-15(8-4-12)20-18(22)17(25-19(20)24)11-14-5-9-16(10-6-14)23-13(2)21/h3-11H,1-2H3. The molecule has 0 atom stereocenters. The Bertz CT molecular complexity index is 871. The fourth-order valence-corrected chi connectivity index (χ4v) is 3.63. The van der Waals surface area contributed by atoms with Crippen LogP contribution in [-0.2, 0) is 9.59 Å². The Kier molecular flexibility index (Phi) is 5.01. The molecule has 4 nitrogen and oxygen atoms in total. The average Bonchev–Trinajstić information content (AvgIpc) is 2.84. The van der Waals surface area contributed by atoms with Crippen LogP contribution < -0.4 is 9.64 Å². The number of amides is 1. The van der Waals surface area contributed by atoms with Crippen molar-refractivity contribution < 1.29 is 14.3 Å². The minimum absolute atomic E-state index is 0.136. The summed E-state index contributed by atoms with van der Waals surface area (Å²) in [7, 11) is 0. The molecule has 0 unspecified atom stereocenters. The van der Waals surface area contributed by atoms with Crippen LogP contribution in [0.1, 0.15) is 18.1 Å². The van der Waals surface area contributed by atoms with Crippen molar-refractivity contribution >= 4 is 51.9 Å². The van der Waals surface area contributed by atoms with E-state index in [0.29, 0.717) is 15.0 Å². The molecule has 0 aromatic heterocycles. The monoisotopic (exact) mass is 369 g/mol. The number of hydrogen-bond acceptors (Lipinski definition) is 5. The van der Waals surface area contributed by atoms with Crippen LogP contribution in [0.2, 0.25) is 0 Å². The minimum Gasteiger partial charge on any atom is -0.427 e. The highest BCUT2D eigenvalue weighted by Gasteiger charge is 2.33. The van der Waals surface area contributed by atoms with Gasteiger partial charge in [-0.05, 0) is 42.8 Å². The molecular weight excluding hydrogens is 354 g/mol. The van der Waals surface area contributed by atoms with Gasteiger partial charge >= 0.3 is 5.97 Å². The van der Waals surface area contributed by atoms with E-state index in [1.54, 1.807) is 35.2 Å². The fourth-order valence-electron chi connectivity index (χ4n) is 2.33. The van der Waals surface area contributed by atoms with Crippen molar-refractivity contribution in [1.82, 2.24) is 0 Å². The quantitative estimate of drug-likeness (QED) is 0.349. The molecule has 0 spiro atoms. The molecule has 1 amide bonds. The van der Waals surface area contributed by atoms with Crippen molar-refractivity contribution in [2.24, 2.45) is 0 Å². The molecule has 1 aliphatic rings. The zero-order chi connectivity index (χ0) is 18.0. The summed E-state index contributed by atoms with van der Waals surface area (Å²) in [5.74, 6) is -0.0357. The molecule has 0 aliphatic carbocycles. The smallest absolute Gasteiger partial charge is 0.308 e. The predicted molar refractivity (Wildman–Crippen MR) is 105 cm³/mol. The maximum atomic E-state index is 12.7. The van der Waals surface area contributed by atoms with E-state index in [4.69, 9.17) is 17.0 Å². The second-order valence-corrected chi connectivity index (χ2v) is 7.19. The summed E-state index contributed by atoms with van der Waals surface area (Å²) >= 11 is 6.64. The maximum absolute atomic E-state index is 12.7. The molecule has 25 heavy (non-hydrogen) atoms. The molecule has 3 rings (SSSR count). The molecule has 0 bridgehead atoms. The lowest BCUT2D eigenvalue weighted by molar-refractivity contribution is -0.131. The number of thiocarbonyl (C=S) groups is 1. The first-order valence-corrected chi connectivity index (χ1v) is 8.79. The van der Waals surface area contributed by atoms with Gasteiger partial charge in [-0.1, -0.05) is 53.8 Å². The fraction of sp³-hybridized carbons (Fsp3) is 0.105. The molecule has 6 heteroatoms. The average molecular weight is 369 g/mol. The van der Waals surface area contributed by atoms with Gasteiger partial charge in [-0.15, -0.1) is 0 Å². The van der Waals surface area contributed by atoms with Gasteiger partial charge in [-0.25, -0.2) is 0 Å². The third-order valence-corrected chi connectivity index (χ3v) is 4.83. The van der Waals surface area contributed by atoms with Gasteiger partial charge in [0.25, 0.3) is 5.91 Å². The number of anilines is 1. The van der Waals surface area contributed by atoms with Crippen LogP contribution in [0.3, 0.4) is 0 Å². The van der Waals surface area contributed by atoms with Crippen LogP contribution in [-0.4, -0.2) is 16.2 Å². The molecule has 1 fully saturated rings. The van der Waals surface area contributed by atoms with Gasteiger partial charge in [-0.3, -0.25) is 14.5 Å². The predicted octanol–water partition coefficient (Wildman–Crippen LogP) is 4.33. The summed E-state index contributed by atoms with van der Waals surface area (Å²) in [6.45, 7) is 3.35. The van der Waals surface area contributed by atoms with Crippen LogP contribution in [0, 0.1) is 6.92 Å². The normalized spacial score (nSPS) is 15.8. The molecule has 0 radical (unpaired) electrons. The molecule has 0 N–H and O–H groups in total. The summed E-state index contributed by atoms with van der Waals surface area (Å²) in [5, 5.41) is 0. The highest BCUT2D eigenvalue weighted by molar-refractivity contribution is 8.27. The van der Waals surface area contributed by atoms with Gasteiger partial charge in [0.05, 0.1) is 10.6 Å². The van der Waals surface area contributed by atoms with Gasteiger partial charge in [0.1, 0.15) is 5.75 Å². The molecule has 126 valence electrons. The molecule has 1 heterocycles. The Morgan fingerprint density at radius 3 is 2.36 bits per heavy atom.